The minimum Gasteiger partial charge on any atom is -0.478 e. The second-order valence-corrected chi connectivity index (χ2v) is 6.25. The van der Waals surface area contributed by atoms with Crippen LogP contribution in [-0.4, -0.2) is 30.7 Å². The van der Waals surface area contributed by atoms with Crippen LogP contribution >= 0.6 is 0 Å². The summed E-state index contributed by atoms with van der Waals surface area (Å²) in [6, 6.07) is 7.01. The van der Waals surface area contributed by atoms with E-state index < -0.39 is 21.4 Å². The summed E-state index contributed by atoms with van der Waals surface area (Å²) in [7, 11) is -3.40. The Bertz CT molecular complexity index is 836. The normalized spacial score (nSPS) is 11.2. The second-order valence-electron chi connectivity index (χ2n) is 4.24. The van der Waals surface area contributed by atoms with Crippen molar-refractivity contribution in [1.82, 2.24) is 4.98 Å². The van der Waals surface area contributed by atoms with E-state index >= 15 is 0 Å². The first-order chi connectivity index (χ1) is 9.29. The van der Waals surface area contributed by atoms with Crippen LogP contribution < -0.4 is 5.56 Å². The molecule has 0 aliphatic carbocycles. The third-order valence-corrected chi connectivity index (χ3v) is 3.83. The summed E-state index contributed by atoms with van der Waals surface area (Å²) in [4.78, 5) is 25.0. The maximum atomic E-state index is 11.8. The molecule has 0 bridgehead atoms. The van der Waals surface area contributed by atoms with Crippen molar-refractivity contribution in [3.8, 4) is 11.1 Å². The van der Waals surface area contributed by atoms with Crippen molar-refractivity contribution in [2.75, 3.05) is 6.26 Å². The number of carbonyl (C=O) groups is 1. The Labute approximate surface area is 114 Å². The molecule has 0 aliphatic rings. The first kappa shape index (κ1) is 14.0. The molecule has 0 saturated carbocycles. The molecule has 1 aromatic carbocycles. The van der Waals surface area contributed by atoms with E-state index in [-0.39, 0.29) is 16.0 Å². The summed E-state index contributed by atoms with van der Waals surface area (Å²) in [6.07, 6.45) is 2.15. The number of hydrogen-bond acceptors (Lipinski definition) is 4. The molecule has 0 amide bonds. The quantitative estimate of drug-likeness (QED) is 0.883. The fraction of sp³-hybridized carbons (Fsp3) is 0.0769. The third-order valence-electron chi connectivity index (χ3n) is 2.72. The lowest BCUT2D eigenvalue weighted by molar-refractivity contribution is 0.0696. The number of H-pyrrole nitrogens is 1. The predicted molar refractivity (Wildman–Crippen MR) is 72.6 cm³/mol. The van der Waals surface area contributed by atoms with Crippen LogP contribution in [0.2, 0.25) is 0 Å². The van der Waals surface area contributed by atoms with Gasteiger partial charge < -0.3 is 10.1 Å². The summed E-state index contributed by atoms with van der Waals surface area (Å²) in [5, 5.41) is 8.91. The summed E-state index contributed by atoms with van der Waals surface area (Å²) in [5.41, 5.74) is -0.113. The zero-order chi connectivity index (χ0) is 14.9. The smallest absolute Gasteiger partial charge is 0.337 e. The van der Waals surface area contributed by atoms with Gasteiger partial charge in [0.05, 0.1) is 10.5 Å². The molecule has 2 aromatic rings. The number of aromatic carboxylic acids is 1. The van der Waals surface area contributed by atoms with Gasteiger partial charge in [0.2, 0.25) is 0 Å². The maximum absolute atomic E-state index is 11.8. The van der Waals surface area contributed by atoms with Gasteiger partial charge in [-0.2, -0.15) is 0 Å². The predicted octanol–water partition coefficient (Wildman–Crippen LogP) is 1.14. The molecule has 0 spiro atoms. The molecule has 0 fully saturated rings. The van der Waals surface area contributed by atoms with Gasteiger partial charge in [-0.25, -0.2) is 13.2 Å². The maximum Gasteiger partial charge on any atom is 0.337 e. The number of benzene rings is 1. The molecule has 7 heteroatoms. The number of sulfone groups is 1. The molecule has 0 unspecified atom stereocenters. The van der Waals surface area contributed by atoms with Crippen molar-refractivity contribution in [2.45, 2.75) is 4.90 Å². The Hall–Kier alpha value is -2.41. The van der Waals surface area contributed by atoms with Gasteiger partial charge in [0.15, 0.2) is 9.84 Å². The fourth-order valence-corrected chi connectivity index (χ4v) is 2.38. The van der Waals surface area contributed by atoms with E-state index in [1.54, 1.807) is 6.07 Å². The lowest BCUT2D eigenvalue weighted by atomic mass is 10.1. The number of rotatable bonds is 3. The third kappa shape index (κ3) is 2.77. The van der Waals surface area contributed by atoms with Gasteiger partial charge in [-0.05, 0) is 23.8 Å². The number of aromatic amines is 1. The van der Waals surface area contributed by atoms with Crippen molar-refractivity contribution in [1.29, 1.82) is 0 Å². The van der Waals surface area contributed by atoms with Crippen LogP contribution in [0.15, 0.2) is 46.2 Å². The number of carboxylic acids is 1. The highest BCUT2D eigenvalue weighted by molar-refractivity contribution is 7.90. The van der Waals surface area contributed by atoms with E-state index in [1.807, 2.05) is 0 Å². The van der Waals surface area contributed by atoms with Crippen molar-refractivity contribution < 1.29 is 18.3 Å². The van der Waals surface area contributed by atoms with Gasteiger partial charge in [-0.15, -0.1) is 0 Å². The molecule has 0 saturated heterocycles. The standard InChI is InChI=1S/C13H11NO5S/c1-20(18,19)10-4-2-3-8(5-10)11-6-9(13(16)17)7-14-12(11)15/h2-7H,1H3,(H,14,15)(H,16,17). The van der Waals surface area contributed by atoms with Crippen molar-refractivity contribution in [3.63, 3.8) is 0 Å². The Balaban J connectivity index is 2.66. The Morgan fingerprint density at radius 1 is 1.25 bits per heavy atom. The second kappa shape index (κ2) is 4.93. The SMILES string of the molecule is CS(=O)(=O)c1cccc(-c2cc(C(=O)O)c[nH]c2=O)c1. The molecular formula is C13H11NO5S. The number of carboxylic acid groups (broad SMARTS) is 1. The molecule has 6 nitrogen and oxygen atoms in total. The lowest BCUT2D eigenvalue weighted by Crippen LogP contribution is -2.11. The van der Waals surface area contributed by atoms with E-state index in [0.29, 0.717) is 5.56 Å². The fourth-order valence-electron chi connectivity index (χ4n) is 1.72. The van der Waals surface area contributed by atoms with Crippen LogP contribution in [0, 0.1) is 0 Å². The van der Waals surface area contributed by atoms with Gasteiger partial charge in [-0.1, -0.05) is 12.1 Å². The van der Waals surface area contributed by atoms with Gasteiger partial charge in [-0.3, -0.25) is 4.79 Å². The number of hydrogen-bond donors (Lipinski definition) is 2. The molecule has 104 valence electrons. The molecule has 20 heavy (non-hydrogen) atoms. The Kier molecular flexibility index (Phi) is 3.46. The average molecular weight is 293 g/mol. The largest absolute Gasteiger partial charge is 0.478 e. The Morgan fingerprint density at radius 2 is 1.95 bits per heavy atom. The minimum atomic E-state index is -3.40. The molecule has 2 rings (SSSR count). The Morgan fingerprint density at radius 3 is 2.55 bits per heavy atom. The molecule has 1 heterocycles. The lowest BCUT2D eigenvalue weighted by Gasteiger charge is -2.04. The summed E-state index contributed by atoms with van der Waals surface area (Å²) in [6.45, 7) is 0. The molecular weight excluding hydrogens is 282 g/mol. The zero-order valence-electron chi connectivity index (χ0n) is 10.5. The molecule has 1 aromatic heterocycles. The van der Waals surface area contributed by atoms with Crippen molar-refractivity contribution in [2.24, 2.45) is 0 Å². The zero-order valence-corrected chi connectivity index (χ0v) is 11.3. The van der Waals surface area contributed by atoms with E-state index in [1.165, 1.54) is 24.3 Å². The van der Waals surface area contributed by atoms with E-state index in [4.69, 9.17) is 5.11 Å². The minimum absolute atomic E-state index is 0.0649. The summed E-state index contributed by atoms with van der Waals surface area (Å²) in [5.74, 6) is -1.18. The summed E-state index contributed by atoms with van der Waals surface area (Å²) >= 11 is 0. The molecule has 0 aliphatic heterocycles. The highest BCUT2D eigenvalue weighted by Gasteiger charge is 2.12. The topological polar surface area (TPSA) is 104 Å². The van der Waals surface area contributed by atoms with E-state index in [9.17, 15) is 18.0 Å². The average Bonchev–Trinajstić information content (AvgIpc) is 2.38. The van der Waals surface area contributed by atoms with Crippen LogP contribution in [0.1, 0.15) is 10.4 Å². The monoisotopic (exact) mass is 293 g/mol. The number of nitrogens with one attached hydrogen (secondary N) is 1. The van der Waals surface area contributed by atoms with Crippen molar-refractivity contribution in [3.05, 3.63) is 52.4 Å². The van der Waals surface area contributed by atoms with Crippen LogP contribution in [0.4, 0.5) is 0 Å². The van der Waals surface area contributed by atoms with Gasteiger partial charge in [0.25, 0.3) is 5.56 Å². The highest BCUT2D eigenvalue weighted by Crippen LogP contribution is 2.20. The van der Waals surface area contributed by atoms with Crippen LogP contribution in [-0.2, 0) is 9.84 Å². The van der Waals surface area contributed by atoms with Gasteiger partial charge >= 0.3 is 5.97 Å². The first-order valence-electron chi connectivity index (χ1n) is 5.55. The van der Waals surface area contributed by atoms with E-state index in [0.717, 1.165) is 12.5 Å². The van der Waals surface area contributed by atoms with Crippen LogP contribution in [0.25, 0.3) is 11.1 Å². The van der Waals surface area contributed by atoms with Gasteiger partial charge in [0, 0.05) is 18.0 Å². The number of aromatic nitrogens is 1. The number of pyridine rings is 1. The van der Waals surface area contributed by atoms with Crippen LogP contribution in [0.3, 0.4) is 0 Å². The first-order valence-corrected chi connectivity index (χ1v) is 7.45. The molecule has 2 N–H and O–H groups in total. The molecule has 0 atom stereocenters. The summed E-state index contributed by atoms with van der Waals surface area (Å²) < 4.78 is 23.0. The van der Waals surface area contributed by atoms with Crippen LogP contribution in [0.5, 0.6) is 0 Å². The highest BCUT2D eigenvalue weighted by atomic mass is 32.2. The van der Waals surface area contributed by atoms with Gasteiger partial charge in [0.1, 0.15) is 0 Å². The van der Waals surface area contributed by atoms with E-state index in [2.05, 4.69) is 4.98 Å². The molecule has 0 radical (unpaired) electrons. The van der Waals surface area contributed by atoms with Crippen molar-refractivity contribution >= 4 is 15.8 Å².